The van der Waals surface area contributed by atoms with E-state index in [0.717, 1.165) is 34.7 Å². The third-order valence-electron chi connectivity index (χ3n) is 4.83. The number of rotatable bonds is 3. The number of hydrogen-bond donors (Lipinski definition) is 2. The van der Waals surface area contributed by atoms with Crippen LogP contribution in [0.25, 0.3) is 11.2 Å². The van der Waals surface area contributed by atoms with Gasteiger partial charge < -0.3 is 15.0 Å². The molecule has 0 aliphatic heterocycles. The topological polar surface area (TPSA) is 79.9 Å². The number of pyridine rings is 1. The van der Waals surface area contributed by atoms with Gasteiger partial charge in [-0.15, -0.1) is 0 Å². The number of fused-ring (bicyclic) bond motifs is 1. The zero-order valence-electron chi connectivity index (χ0n) is 15.8. The Labute approximate surface area is 162 Å². The molecule has 1 saturated carbocycles. The first-order chi connectivity index (χ1) is 12.2. The number of alkyl carbamates (subject to hydrolysis) is 1. The number of nitrogens with one attached hydrogen (secondary N) is 2. The van der Waals surface area contributed by atoms with E-state index < -0.39 is 11.7 Å². The monoisotopic (exact) mass is 422 g/mol. The molecule has 0 bridgehead atoms. The molecule has 3 rings (SSSR count). The van der Waals surface area contributed by atoms with Crippen molar-refractivity contribution in [1.82, 2.24) is 20.3 Å². The maximum atomic E-state index is 12.4. The normalized spacial score (nSPS) is 22.2. The Kier molecular flexibility index (Phi) is 5.55. The summed E-state index contributed by atoms with van der Waals surface area (Å²) in [5, 5.41) is 3.06. The Balaban J connectivity index is 1.87. The number of H-pyrrole nitrogens is 1. The minimum Gasteiger partial charge on any atom is -0.444 e. The number of carbonyl (C=O) groups is 1. The summed E-state index contributed by atoms with van der Waals surface area (Å²) < 4.78 is 6.22. The van der Waals surface area contributed by atoms with Gasteiger partial charge in [-0.3, -0.25) is 0 Å². The maximum absolute atomic E-state index is 12.4. The van der Waals surface area contributed by atoms with E-state index in [1.54, 1.807) is 0 Å². The molecular weight excluding hydrogens is 396 g/mol. The van der Waals surface area contributed by atoms with Gasteiger partial charge in [0, 0.05) is 0 Å². The summed E-state index contributed by atoms with van der Waals surface area (Å²) in [5.74, 6) is 1.82. The SMILES string of the molecule is CC1CCC(C(NC(=O)OC(C)(C)C)c2nc3nc(Br)ccc3[nH]2)CC1. The van der Waals surface area contributed by atoms with Crippen LogP contribution in [0.15, 0.2) is 16.7 Å². The lowest BCUT2D eigenvalue weighted by Gasteiger charge is -2.32. The average molecular weight is 423 g/mol. The Morgan fingerprint density at radius 3 is 2.62 bits per heavy atom. The molecule has 1 aliphatic carbocycles. The van der Waals surface area contributed by atoms with E-state index in [0.29, 0.717) is 11.6 Å². The molecule has 2 N–H and O–H groups in total. The van der Waals surface area contributed by atoms with E-state index in [-0.39, 0.29) is 6.04 Å². The highest BCUT2D eigenvalue weighted by molar-refractivity contribution is 9.10. The first kappa shape index (κ1) is 19.1. The van der Waals surface area contributed by atoms with Crippen LogP contribution >= 0.6 is 15.9 Å². The summed E-state index contributed by atoms with van der Waals surface area (Å²) in [7, 11) is 0. The van der Waals surface area contributed by atoms with Crippen LogP contribution in [0.4, 0.5) is 4.79 Å². The van der Waals surface area contributed by atoms with Gasteiger partial charge in [0.15, 0.2) is 5.65 Å². The van der Waals surface area contributed by atoms with Crippen LogP contribution in [0.1, 0.15) is 65.2 Å². The lowest BCUT2D eigenvalue weighted by atomic mass is 9.79. The minimum absolute atomic E-state index is 0.203. The Bertz CT molecular complexity index is 775. The number of aromatic nitrogens is 3. The first-order valence-electron chi connectivity index (χ1n) is 9.23. The number of nitrogens with zero attached hydrogens (tertiary/aromatic N) is 2. The molecule has 26 heavy (non-hydrogen) atoms. The van der Waals surface area contributed by atoms with Crippen LogP contribution in [0.5, 0.6) is 0 Å². The van der Waals surface area contributed by atoms with Gasteiger partial charge in [0.2, 0.25) is 0 Å². The number of amides is 1. The van der Waals surface area contributed by atoms with Crippen molar-refractivity contribution >= 4 is 33.2 Å². The van der Waals surface area contributed by atoms with Crippen molar-refractivity contribution in [3.05, 3.63) is 22.6 Å². The van der Waals surface area contributed by atoms with E-state index in [9.17, 15) is 4.79 Å². The van der Waals surface area contributed by atoms with Gasteiger partial charge >= 0.3 is 6.09 Å². The molecule has 0 spiro atoms. The molecular formula is C19H27BrN4O2. The second-order valence-electron chi connectivity index (χ2n) is 8.27. The molecule has 2 aromatic rings. The molecule has 2 aromatic heterocycles. The van der Waals surface area contributed by atoms with Crippen molar-refractivity contribution < 1.29 is 9.53 Å². The number of hydrogen-bond acceptors (Lipinski definition) is 4. The zero-order valence-corrected chi connectivity index (χ0v) is 17.4. The molecule has 1 amide bonds. The van der Waals surface area contributed by atoms with Crippen LogP contribution in [0.2, 0.25) is 0 Å². The average Bonchev–Trinajstić information content (AvgIpc) is 2.94. The lowest BCUT2D eigenvalue weighted by Crippen LogP contribution is -2.39. The maximum Gasteiger partial charge on any atom is 0.408 e. The van der Waals surface area contributed by atoms with Crippen molar-refractivity contribution in [3.63, 3.8) is 0 Å². The Morgan fingerprint density at radius 2 is 1.96 bits per heavy atom. The van der Waals surface area contributed by atoms with Crippen molar-refractivity contribution in [1.29, 1.82) is 0 Å². The molecule has 0 saturated heterocycles. The summed E-state index contributed by atoms with van der Waals surface area (Å²) in [6.45, 7) is 7.89. The van der Waals surface area contributed by atoms with Crippen molar-refractivity contribution in [2.24, 2.45) is 11.8 Å². The molecule has 2 heterocycles. The molecule has 1 atom stereocenters. The molecule has 1 unspecified atom stereocenters. The van der Waals surface area contributed by atoms with Gasteiger partial charge in [-0.2, -0.15) is 0 Å². The largest absolute Gasteiger partial charge is 0.444 e. The summed E-state index contributed by atoms with van der Waals surface area (Å²) in [5.41, 5.74) is 0.980. The molecule has 6 nitrogen and oxygen atoms in total. The van der Waals surface area contributed by atoms with Crippen LogP contribution in [0.3, 0.4) is 0 Å². The van der Waals surface area contributed by atoms with Gasteiger partial charge in [-0.25, -0.2) is 14.8 Å². The number of imidazole rings is 1. The second kappa shape index (κ2) is 7.55. The third kappa shape index (κ3) is 4.75. The van der Waals surface area contributed by atoms with E-state index in [4.69, 9.17) is 4.74 Å². The van der Waals surface area contributed by atoms with E-state index in [1.165, 1.54) is 12.8 Å². The lowest BCUT2D eigenvalue weighted by molar-refractivity contribution is 0.0468. The molecule has 0 aromatic carbocycles. The predicted octanol–water partition coefficient (Wildman–Crippen LogP) is 5.11. The van der Waals surface area contributed by atoms with Crippen LogP contribution < -0.4 is 5.32 Å². The Morgan fingerprint density at radius 1 is 1.27 bits per heavy atom. The van der Waals surface area contributed by atoms with E-state index >= 15 is 0 Å². The number of halogens is 1. The van der Waals surface area contributed by atoms with Crippen molar-refractivity contribution in [2.45, 2.75) is 65.0 Å². The number of carbonyl (C=O) groups excluding carboxylic acids is 1. The van der Waals surface area contributed by atoms with Gasteiger partial charge in [0.1, 0.15) is 16.0 Å². The zero-order chi connectivity index (χ0) is 18.9. The van der Waals surface area contributed by atoms with Gasteiger partial charge in [0.25, 0.3) is 0 Å². The molecule has 0 radical (unpaired) electrons. The highest BCUT2D eigenvalue weighted by Gasteiger charge is 2.32. The standard InChI is InChI=1S/C19H27BrN4O2/c1-11-5-7-12(8-6-11)15(23-18(25)26-19(2,3)4)17-21-13-9-10-14(20)22-16(13)24-17/h9-12,15H,5-8H2,1-4H3,(H,23,25)(H,21,22,24). The van der Waals surface area contributed by atoms with Gasteiger partial charge in [-0.05, 0) is 73.5 Å². The summed E-state index contributed by atoms with van der Waals surface area (Å²) in [6, 6.07) is 3.62. The van der Waals surface area contributed by atoms with Gasteiger partial charge in [-0.1, -0.05) is 19.8 Å². The fraction of sp³-hybridized carbons (Fsp3) is 0.632. The molecule has 1 aliphatic rings. The molecule has 142 valence electrons. The summed E-state index contributed by atoms with van der Waals surface area (Å²) in [4.78, 5) is 24.8. The predicted molar refractivity (Wildman–Crippen MR) is 105 cm³/mol. The molecule has 1 fully saturated rings. The highest BCUT2D eigenvalue weighted by Crippen LogP contribution is 2.36. The van der Waals surface area contributed by atoms with Crippen molar-refractivity contribution in [2.75, 3.05) is 0 Å². The molecule has 7 heteroatoms. The smallest absolute Gasteiger partial charge is 0.408 e. The fourth-order valence-corrected chi connectivity index (χ4v) is 3.80. The third-order valence-corrected chi connectivity index (χ3v) is 5.27. The van der Waals surface area contributed by atoms with E-state index in [1.807, 2.05) is 32.9 Å². The number of aromatic amines is 1. The highest BCUT2D eigenvalue weighted by atomic mass is 79.9. The summed E-state index contributed by atoms with van der Waals surface area (Å²) >= 11 is 3.38. The fourth-order valence-electron chi connectivity index (χ4n) is 3.50. The van der Waals surface area contributed by atoms with Crippen LogP contribution in [-0.2, 0) is 4.74 Å². The van der Waals surface area contributed by atoms with Crippen LogP contribution in [-0.4, -0.2) is 26.6 Å². The number of ether oxygens (including phenoxy) is 1. The van der Waals surface area contributed by atoms with Crippen molar-refractivity contribution in [3.8, 4) is 0 Å². The quantitative estimate of drug-likeness (QED) is 0.673. The van der Waals surface area contributed by atoms with Gasteiger partial charge in [0.05, 0.1) is 11.6 Å². The second-order valence-corrected chi connectivity index (χ2v) is 9.08. The van der Waals surface area contributed by atoms with E-state index in [2.05, 4.69) is 43.1 Å². The Hall–Kier alpha value is -1.63. The summed E-state index contributed by atoms with van der Waals surface area (Å²) in [6.07, 6.45) is 4.06. The first-order valence-corrected chi connectivity index (χ1v) is 10.0. The van der Waals surface area contributed by atoms with Crippen LogP contribution in [0, 0.1) is 11.8 Å². The minimum atomic E-state index is -0.532.